The largest absolute Gasteiger partial charge is 0.365 e. The summed E-state index contributed by atoms with van der Waals surface area (Å²) < 4.78 is 0. The Morgan fingerprint density at radius 2 is 1.96 bits per heavy atom. The zero-order chi connectivity index (χ0) is 18.2. The van der Waals surface area contributed by atoms with E-state index in [4.69, 9.17) is 11.6 Å². The molecule has 0 saturated carbocycles. The number of allylic oxidation sites excluding steroid dienone is 1. The van der Waals surface area contributed by atoms with Crippen molar-refractivity contribution in [1.82, 2.24) is 15.3 Å². The summed E-state index contributed by atoms with van der Waals surface area (Å²) in [6, 6.07) is 7.60. The van der Waals surface area contributed by atoms with Gasteiger partial charge in [0, 0.05) is 18.1 Å². The lowest BCUT2D eigenvalue weighted by Gasteiger charge is -2.12. The van der Waals surface area contributed by atoms with Crippen LogP contribution in [0.25, 0.3) is 0 Å². The van der Waals surface area contributed by atoms with Crippen molar-refractivity contribution in [2.75, 3.05) is 11.9 Å². The van der Waals surface area contributed by atoms with Crippen LogP contribution < -0.4 is 10.6 Å². The van der Waals surface area contributed by atoms with E-state index < -0.39 is 0 Å². The Hall–Kier alpha value is -2.40. The number of nitrogens with one attached hydrogen (secondary N) is 2. The van der Waals surface area contributed by atoms with Gasteiger partial charge < -0.3 is 10.6 Å². The van der Waals surface area contributed by atoms with Crippen LogP contribution in [0.2, 0.25) is 5.02 Å². The van der Waals surface area contributed by atoms with Crippen LogP contribution in [0, 0.1) is 0 Å². The molecule has 0 aliphatic heterocycles. The molecular weight excluding hydrogens is 348 g/mol. The number of hydrogen-bond donors (Lipinski definition) is 2. The van der Waals surface area contributed by atoms with Crippen LogP contribution in [0.1, 0.15) is 48.2 Å². The van der Waals surface area contributed by atoms with Crippen LogP contribution in [-0.2, 0) is 6.54 Å². The number of carbonyl (C=O) groups excluding carboxylic acids is 1. The highest BCUT2D eigenvalue weighted by molar-refractivity contribution is 6.30. The predicted octanol–water partition coefficient (Wildman–Crippen LogP) is 4.36. The second kappa shape index (κ2) is 9.34. The van der Waals surface area contributed by atoms with E-state index in [0.717, 1.165) is 18.4 Å². The third kappa shape index (κ3) is 5.56. The van der Waals surface area contributed by atoms with E-state index in [2.05, 4.69) is 26.7 Å². The maximum Gasteiger partial charge on any atom is 0.271 e. The molecule has 5 nitrogen and oxygen atoms in total. The normalized spacial score (nSPS) is 13.8. The van der Waals surface area contributed by atoms with Crippen LogP contribution in [0.5, 0.6) is 0 Å². The van der Waals surface area contributed by atoms with Gasteiger partial charge in [0.25, 0.3) is 5.91 Å². The number of benzene rings is 1. The smallest absolute Gasteiger partial charge is 0.271 e. The molecule has 0 fully saturated rings. The molecule has 136 valence electrons. The number of anilines is 1. The quantitative estimate of drug-likeness (QED) is 0.710. The highest BCUT2D eigenvalue weighted by Gasteiger charge is 2.09. The maximum absolute atomic E-state index is 12.1. The minimum absolute atomic E-state index is 0.182. The fourth-order valence-corrected chi connectivity index (χ4v) is 3.02. The third-order valence-corrected chi connectivity index (χ3v) is 4.64. The first kappa shape index (κ1) is 18.4. The van der Waals surface area contributed by atoms with Gasteiger partial charge in [0.1, 0.15) is 11.5 Å². The van der Waals surface area contributed by atoms with E-state index in [-0.39, 0.29) is 5.91 Å². The lowest BCUT2D eigenvalue weighted by Crippen LogP contribution is -2.26. The molecule has 1 aromatic carbocycles. The van der Waals surface area contributed by atoms with Gasteiger partial charge in [0.2, 0.25) is 0 Å². The SMILES string of the molecule is O=C(NCCC1=CCCCC1)c1cnc(NCc2ccc(Cl)cc2)cn1. The number of amides is 1. The van der Waals surface area contributed by atoms with Crippen LogP contribution in [0.15, 0.2) is 48.3 Å². The first-order valence-electron chi connectivity index (χ1n) is 8.97. The molecule has 1 amide bonds. The fraction of sp³-hybridized carbons (Fsp3) is 0.350. The number of carbonyl (C=O) groups is 1. The number of nitrogens with zero attached hydrogens (tertiary/aromatic N) is 2. The summed E-state index contributed by atoms with van der Waals surface area (Å²) in [6.45, 7) is 1.26. The van der Waals surface area contributed by atoms with Gasteiger partial charge in [-0.15, -0.1) is 0 Å². The molecule has 6 heteroatoms. The highest BCUT2D eigenvalue weighted by Crippen LogP contribution is 2.19. The van der Waals surface area contributed by atoms with Gasteiger partial charge in [0.15, 0.2) is 0 Å². The molecule has 1 aromatic heterocycles. The average molecular weight is 371 g/mol. The number of halogens is 1. The number of aromatic nitrogens is 2. The minimum Gasteiger partial charge on any atom is -0.365 e. The van der Waals surface area contributed by atoms with Gasteiger partial charge in [0.05, 0.1) is 12.4 Å². The summed E-state index contributed by atoms with van der Waals surface area (Å²) in [5, 5.41) is 6.80. The van der Waals surface area contributed by atoms with E-state index in [9.17, 15) is 4.79 Å². The van der Waals surface area contributed by atoms with Crippen molar-refractivity contribution in [2.45, 2.75) is 38.6 Å². The van der Waals surface area contributed by atoms with Crippen LogP contribution >= 0.6 is 11.6 Å². The molecular formula is C20H23ClN4O. The van der Waals surface area contributed by atoms with Gasteiger partial charge in [-0.05, 0) is 49.8 Å². The van der Waals surface area contributed by atoms with Crippen molar-refractivity contribution in [2.24, 2.45) is 0 Å². The molecule has 0 bridgehead atoms. The summed E-state index contributed by atoms with van der Waals surface area (Å²) in [7, 11) is 0. The van der Waals surface area contributed by atoms with Crippen LogP contribution in [-0.4, -0.2) is 22.4 Å². The van der Waals surface area contributed by atoms with E-state index in [1.807, 2.05) is 24.3 Å². The summed E-state index contributed by atoms with van der Waals surface area (Å²) >= 11 is 5.87. The standard InChI is InChI=1S/C20H23ClN4O/c21-17-8-6-16(7-9-17)12-24-19-14-23-18(13-25-19)20(26)22-11-10-15-4-2-1-3-5-15/h4,6-9,13-14H,1-3,5,10-12H2,(H,22,26)(H,24,25). The van der Waals surface area contributed by atoms with Crippen molar-refractivity contribution in [1.29, 1.82) is 0 Å². The molecule has 1 aliphatic rings. The van der Waals surface area contributed by atoms with E-state index in [0.29, 0.717) is 29.6 Å². The second-order valence-electron chi connectivity index (χ2n) is 6.38. The van der Waals surface area contributed by atoms with Crippen molar-refractivity contribution in [3.63, 3.8) is 0 Å². The first-order valence-corrected chi connectivity index (χ1v) is 9.35. The second-order valence-corrected chi connectivity index (χ2v) is 6.82. The van der Waals surface area contributed by atoms with Gasteiger partial charge in [-0.2, -0.15) is 0 Å². The summed E-state index contributed by atoms with van der Waals surface area (Å²) in [5.74, 6) is 0.446. The molecule has 1 aliphatic carbocycles. The zero-order valence-electron chi connectivity index (χ0n) is 14.7. The molecule has 0 atom stereocenters. The number of rotatable bonds is 7. The van der Waals surface area contributed by atoms with Gasteiger partial charge in [-0.3, -0.25) is 4.79 Å². The van der Waals surface area contributed by atoms with E-state index in [1.165, 1.54) is 31.0 Å². The lowest BCUT2D eigenvalue weighted by molar-refractivity contribution is 0.0948. The van der Waals surface area contributed by atoms with Gasteiger partial charge >= 0.3 is 0 Å². The Morgan fingerprint density at radius 1 is 1.12 bits per heavy atom. The van der Waals surface area contributed by atoms with E-state index in [1.54, 1.807) is 6.20 Å². The highest BCUT2D eigenvalue weighted by atomic mass is 35.5. The molecule has 0 spiro atoms. The predicted molar refractivity (Wildman–Crippen MR) is 104 cm³/mol. The summed E-state index contributed by atoms with van der Waals surface area (Å²) in [5.41, 5.74) is 2.87. The Labute approximate surface area is 158 Å². The molecule has 3 rings (SSSR count). The third-order valence-electron chi connectivity index (χ3n) is 4.39. The molecule has 26 heavy (non-hydrogen) atoms. The molecule has 2 N–H and O–H groups in total. The average Bonchev–Trinajstić information content (AvgIpc) is 2.69. The molecule has 0 unspecified atom stereocenters. The Kier molecular flexibility index (Phi) is 6.61. The molecule has 2 aromatic rings. The van der Waals surface area contributed by atoms with Crippen molar-refractivity contribution in [3.05, 3.63) is 64.6 Å². The van der Waals surface area contributed by atoms with Gasteiger partial charge in [-0.25, -0.2) is 9.97 Å². The lowest BCUT2D eigenvalue weighted by atomic mass is 9.97. The van der Waals surface area contributed by atoms with Gasteiger partial charge in [-0.1, -0.05) is 35.4 Å². The Morgan fingerprint density at radius 3 is 2.65 bits per heavy atom. The topological polar surface area (TPSA) is 66.9 Å². The summed E-state index contributed by atoms with van der Waals surface area (Å²) in [4.78, 5) is 20.6. The summed E-state index contributed by atoms with van der Waals surface area (Å²) in [6.07, 6.45) is 11.2. The molecule has 0 saturated heterocycles. The van der Waals surface area contributed by atoms with Crippen molar-refractivity contribution < 1.29 is 4.79 Å². The van der Waals surface area contributed by atoms with E-state index >= 15 is 0 Å². The van der Waals surface area contributed by atoms with Crippen molar-refractivity contribution in [3.8, 4) is 0 Å². The zero-order valence-corrected chi connectivity index (χ0v) is 15.4. The minimum atomic E-state index is -0.182. The Balaban J connectivity index is 1.44. The van der Waals surface area contributed by atoms with Crippen LogP contribution in [0.3, 0.4) is 0 Å². The molecule has 0 radical (unpaired) electrons. The molecule has 1 heterocycles. The monoisotopic (exact) mass is 370 g/mol. The first-order chi connectivity index (χ1) is 12.7. The maximum atomic E-state index is 12.1. The fourth-order valence-electron chi connectivity index (χ4n) is 2.89. The van der Waals surface area contributed by atoms with Crippen molar-refractivity contribution >= 4 is 23.3 Å². The van der Waals surface area contributed by atoms with Crippen LogP contribution in [0.4, 0.5) is 5.82 Å². The Bertz CT molecular complexity index is 756. The number of hydrogen-bond acceptors (Lipinski definition) is 4.